The van der Waals surface area contributed by atoms with Gasteiger partial charge in [0.2, 0.25) is 0 Å². The second kappa shape index (κ2) is 5.56. The number of alkyl halides is 1. The van der Waals surface area contributed by atoms with E-state index in [0.717, 1.165) is 5.56 Å². The number of benzene rings is 2. The number of nitrogens with one attached hydrogen (secondary N) is 1. The lowest BCUT2D eigenvalue weighted by Crippen LogP contribution is -2.11. The quantitative estimate of drug-likeness (QED) is 0.832. The lowest BCUT2D eigenvalue weighted by Gasteiger charge is -2.06. The van der Waals surface area contributed by atoms with E-state index in [0.29, 0.717) is 17.1 Å². The Labute approximate surface area is 110 Å². The fraction of sp³-hybridized carbons (Fsp3) is 0.0714. The molecule has 2 aromatic carbocycles. The molecule has 3 nitrogen and oxygen atoms in total. The van der Waals surface area contributed by atoms with Crippen molar-refractivity contribution in [2.75, 3.05) is 5.32 Å². The Kier molecular flexibility index (Phi) is 3.85. The van der Waals surface area contributed by atoms with Crippen molar-refractivity contribution in [3.8, 4) is 5.75 Å². The lowest BCUT2D eigenvalue weighted by molar-refractivity contribution is 0.102. The van der Waals surface area contributed by atoms with Crippen LogP contribution in [0.5, 0.6) is 5.75 Å². The van der Waals surface area contributed by atoms with Crippen LogP contribution >= 0.6 is 11.6 Å². The summed E-state index contributed by atoms with van der Waals surface area (Å²) in [5.74, 6) is 0.255. The van der Waals surface area contributed by atoms with Crippen LogP contribution in [0.25, 0.3) is 0 Å². The van der Waals surface area contributed by atoms with Gasteiger partial charge in [-0.25, -0.2) is 0 Å². The van der Waals surface area contributed by atoms with E-state index in [1.165, 1.54) is 12.1 Å². The molecular formula is C14H12ClNO2. The zero-order chi connectivity index (χ0) is 13.0. The van der Waals surface area contributed by atoms with E-state index in [1.807, 2.05) is 12.1 Å². The minimum atomic E-state index is -0.260. The summed E-state index contributed by atoms with van der Waals surface area (Å²) in [6.07, 6.45) is 0. The third kappa shape index (κ3) is 3.02. The Morgan fingerprint density at radius 1 is 1.17 bits per heavy atom. The predicted octanol–water partition coefficient (Wildman–Crippen LogP) is 3.38. The van der Waals surface area contributed by atoms with Crippen LogP contribution in [0.3, 0.4) is 0 Å². The lowest BCUT2D eigenvalue weighted by atomic mass is 10.2. The van der Waals surface area contributed by atoms with E-state index < -0.39 is 0 Å². The van der Waals surface area contributed by atoms with Crippen molar-refractivity contribution in [1.29, 1.82) is 0 Å². The zero-order valence-electron chi connectivity index (χ0n) is 9.56. The molecule has 2 rings (SSSR count). The fourth-order valence-electron chi connectivity index (χ4n) is 1.53. The highest BCUT2D eigenvalue weighted by Gasteiger charge is 2.06. The van der Waals surface area contributed by atoms with Gasteiger partial charge in [0.15, 0.2) is 0 Å². The molecule has 0 atom stereocenters. The number of rotatable bonds is 3. The number of anilines is 1. The summed E-state index contributed by atoms with van der Waals surface area (Å²) >= 11 is 5.68. The number of carbonyl (C=O) groups is 1. The van der Waals surface area contributed by atoms with Crippen LogP contribution in [0, 0.1) is 0 Å². The average Bonchev–Trinajstić information content (AvgIpc) is 2.39. The van der Waals surface area contributed by atoms with Gasteiger partial charge in [0.25, 0.3) is 5.91 Å². The topological polar surface area (TPSA) is 49.3 Å². The average molecular weight is 262 g/mol. The maximum absolute atomic E-state index is 11.9. The number of carbonyl (C=O) groups excluding carboxylic acids is 1. The molecule has 0 heterocycles. The smallest absolute Gasteiger partial charge is 0.255 e. The molecular weight excluding hydrogens is 250 g/mol. The van der Waals surface area contributed by atoms with Crippen molar-refractivity contribution in [2.24, 2.45) is 0 Å². The molecule has 4 heteroatoms. The van der Waals surface area contributed by atoms with E-state index in [4.69, 9.17) is 11.6 Å². The van der Waals surface area contributed by atoms with Gasteiger partial charge < -0.3 is 10.4 Å². The number of phenols is 1. The van der Waals surface area contributed by atoms with Crippen LogP contribution in [0.1, 0.15) is 15.9 Å². The van der Waals surface area contributed by atoms with Gasteiger partial charge in [-0.3, -0.25) is 4.79 Å². The molecule has 2 N–H and O–H groups in total. The number of hydrogen-bond donors (Lipinski definition) is 2. The highest BCUT2D eigenvalue weighted by molar-refractivity contribution is 6.17. The maximum Gasteiger partial charge on any atom is 0.255 e. The van der Waals surface area contributed by atoms with Crippen molar-refractivity contribution in [3.05, 3.63) is 59.7 Å². The Morgan fingerprint density at radius 2 is 1.89 bits per heavy atom. The third-order valence-electron chi connectivity index (χ3n) is 2.47. The van der Waals surface area contributed by atoms with Gasteiger partial charge in [-0.15, -0.1) is 11.6 Å². The molecule has 0 aliphatic rings. The van der Waals surface area contributed by atoms with Gasteiger partial charge in [0.05, 0.1) is 0 Å². The van der Waals surface area contributed by atoms with Gasteiger partial charge in [-0.1, -0.05) is 18.2 Å². The highest BCUT2D eigenvalue weighted by Crippen LogP contribution is 2.15. The number of phenolic OH excluding ortho intramolecular Hbond substituents is 1. The first-order valence-electron chi connectivity index (χ1n) is 5.44. The van der Waals surface area contributed by atoms with Gasteiger partial charge in [0.1, 0.15) is 5.75 Å². The molecule has 0 saturated carbocycles. The van der Waals surface area contributed by atoms with E-state index >= 15 is 0 Å². The first-order valence-corrected chi connectivity index (χ1v) is 5.98. The Balaban J connectivity index is 2.11. The predicted molar refractivity (Wildman–Crippen MR) is 72.1 cm³/mol. The molecule has 0 aliphatic carbocycles. The molecule has 0 spiro atoms. The SMILES string of the molecule is O=C(Nc1ccc(CCl)cc1)c1cccc(O)c1. The molecule has 1 amide bonds. The van der Waals surface area contributed by atoms with Crippen LogP contribution in [0.4, 0.5) is 5.69 Å². The first-order chi connectivity index (χ1) is 8.69. The summed E-state index contributed by atoms with van der Waals surface area (Å²) in [5.41, 5.74) is 2.10. The minimum absolute atomic E-state index is 0.0696. The van der Waals surface area contributed by atoms with Gasteiger partial charge in [-0.05, 0) is 35.9 Å². The maximum atomic E-state index is 11.9. The number of halogens is 1. The molecule has 0 bridgehead atoms. The van der Waals surface area contributed by atoms with E-state index in [9.17, 15) is 9.90 Å². The molecule has 0 radical (unpaired) electrons. The summed E-state index contributed by atoms with van der Waals surface area (Å²) < 4.78 is 0. The standard InChI is InChI=1S/C14H12ClNO2/c15-9-10-4-6-12(7-5-10)16-14(18)11-2-1-3-13(17)8-11/h1-8,17H,9H2,(H,16,18). The number of hydrogen-bond acceptors (Lipinski definition) is 2. The number of aromatic hydroxyl groups is 1. The van der Waals surface area contributed by atoms with Crippen molar-refractivity contribution in [1.82, 2.24) is 0 Å². The monoisotopic (exact) mass is 261 g/mol. The Bertz CT molecular complexity index is 552. The molecule has 18 heavy (non-hydrogen) atoms. The van der Waals surface area contributed by atoms with E-state index in [2.05, 4.69) is 5.32 Å². The first kappa shape index (κ1) is 12.5. The fourth-order valence-corrected chi connectivity index (χ4v) is 1.71. The largest absolute Gasteiger partial charge is 0.508 e. The summed E-state index contributed by atoms with van der Waals surface area (Å²) in [6, 6.07) is 13.5. The van der Waals surface area contributed by atoms with Crippen LogP contribution < -0.4 is 5.32 Å². The highest BCUT2D eigenvalue weighted by atomic mass is 35.5. The summed E-state index contributed by atoms with van der Waals surface area (Å²) in [7, 11) is 0. The van der Waals surface area contributed by atoms with Gasteiger partial charge in [-0.2, -0.15) is 0 Å². The Morgan fingerprint density at radius 3 is 2.50 bits per heavy atom. The molecule has 0 aliphatic heterocycles. The molecule has 0 aromatic heterocycles. The summed E-state index contributed by atoms with van der Waals surface area (Å²) in [5, 5.41) is 12.0. The van der Waals surface area contributed by atoms with Crippen molar-refractivity contribution in [3.63, 3.8) is 0 Å². The third-order valence-corrected chi connectivity index (χ3v) is 2.78. The number of amides is 1. The molecule has 0 unspecified atom stereocenters. The minimum Gasteiger partial charge on any atom is -0.508 e. The zero-order valence-corrected chi connectivity index (χ0v) is 10.3. The van der Waals surface area contributed by atoms with Gasteiger partial charge >= 0.3 is 0 Å². The van der Waals surface area contributed by atoms with E-state index in [1.54, 1.807) is 24.3 Å². The summed E-state index contributed by atoms with van der Waals surface area (Å²) in [6.45, 7) is 0. The second-order valence-corrected chi connectivity index (χ2v) is 4.10. The molecule has 92 valence electrons. The second-order valence-electron chi connectivity index (χ2n) is 3.84. The molecule has 0 saturated heterocycles. The van der Waals surface area contributed by atoms with E-state index in [-0.39, 0.29) is 11.7 Å². The normalized spacial score (nSPS) is 10.1. The molecule has 0 fully saturated rings. The van der Waals surface area contributed by atoms with Crippen LogP contribution in [0.2, 0.25) is 0 Å². The van der Waals surface area contributed by atoms with Crippen molar-refractivity contribution in [2.45, 2.75) is 5.88 Å². The van der Waals surface area contributed by atoms with Crippen molar-refractivity contribution < 1.29 is 9.90 Å². The summed E-state index contributed by atoms with van der Waals surface area (Å²) in [4.78, 5) is 11.9. The Hall–Kier alpha value is -2.00. The molecule has 2 aromatic rings. The van der Waals surface area contributed by atoms with Crippen LogP contribution in [0.15, 0.2) is 48.5 Å². The van der Waals surface area contributed by atoms with Crippen LogP contribution in [-0.2, 0) is 5.88 Å². The van der Waals surface area contributed by atoms with Gasteiger partial charge in [0, 0.05) is 17.1 Å². The van der Waals surface area contributed by atoms with Crippen molar-refractivity contribution >= 4 is 23.2 Å². The van der Waals surface area contributed by atoms with Crippen LogP contribution in [-0.4, -0.2) is 11.0 Å².